The summed E-state index contributed by atoms with van der Waals surface area (Å²) in [5.74, 6) is 0.504. The summed E-state index contributed by atoms with van der Waals surface area (Å²) in [4.78, 5) is 15.0. The van der Waals surface area contributed by atoms with Crippen LogP contribution in [0.4, 0.5) is 0 Å². The summed E-state index contributed by atoms with van der Waals surface area (Å²) < 4.78 is 5.80. The predicted octanol–water partition coefficient (Wildman–Crippen LogP) is 4.85. The first-order valence-corrected chi connectivity index (χ1v) is 10.1. The van der Waals surface area contributed by atoms with E-state index < -0.39 is 5.25 Å². The van der Waals surface area contributed by atoms with Crippen LogP contribution in [0.15, 0.2) is 64.2 Å². The zero-order valence-electron chi connectivity index (χ0n) is 14.5. The highest BCUT2D eigenvalue weighted by atomic mass is 35.5. The molecule has 2 aromatic carbocycles. The Kier molecular flexibility index (Phi) is 5.45. The lowest BCUT2D eigenvalue weighted by Crippen LogP contribution is -2.31. The van der Waals surface area contributed by atoms with Crippen molar-refractivity contribution < 1.29 is 9.21 Å². The molecule has 1 amide bonds. The summed E-state index contributed by atoms with van der Waals surface area (Å²) in [6, 6.07) is 16.9. The topological polar surface area (TPSA) is 59.2 Å². The van der Waals surface area contributed by atoms with Crippen LogP contribution in [0.25, 0.3) is 11.5 Å². The Hall–Kier alpha value is -2.31. The van der Waals surface area contributed by atoms with Crippen LogP contribution in [0.2, 0.25) is 5.02 Å². The highest BCUT2D eigenvalue weighted by Crippen LogP contribution is 2.37. The van der Waals surface area contributed by atoms with Crippen molar-refractivity contribution in [3.8, 4) is 11.5 Å². The first-order chi connectivity index (χ1) is 13.2. The molecule has 0 aliphatic carbocycles. The number of halogens is 1. The van der Waals surface area contributed by atoms with Crippen LogP contribution in [0.5, 0.6) is 0 Å². The molecule has 0 radical (unpaired) electrons. The van der Waals surface area contributed by atoms with Crippen LogP contribution in [-0.4, -0.2) is 34.1 Å². The number of thioether (sulfide) groups is 1. The number of carbonyl (C=O) groups excluding carboxylic acids is 1. The van der Waals surface area contributed by atoms with E-state index in [1.54, 1.807) is 12.1 Å². The van der Waals surface area contributed by atoms with E-state index in [0.717, 1.165) is 37.1 Å². The summed E-state index contributed by atoms with van der Waals surface area (Å²) in [6.07, 6.45) is 2.11. The highest BCUT2D eigenvalue weighted by molar-refractivity contribution is 8.00. The van der Waals surface area contributed by atoms with Crippen molar-refractivity contribution in [2.45, 2.75) is 23.3 Å². The molecule has 1 unspecified atom stereocenters. The van der Waals surface area contributed by atoms with Crippen molar-refractivity contribution in [2.24, 2.45) is 0 Å². The fourth-order valence-electron chi connectivity index (χ4n) is 3.06. The Labute approximate surface area is 166 Å². The number of aromatic nitrogens is 2. The largest absolute Gasteiger partial charge is 0.411 e. The molecule has 1 saturated heterocycles. The average Bonchev–Trinajstić information content (AvgIpc) is 3.39. The number of nitrogens with zero attached hydrogens (tertiary/aromatic N) is 3. The Bertz CT molecular complexity index is 908. The molecule has 1 aromatic heterocycles. The van der Waals surface area contributed by atoms with Crippen molar-refractivity contribution in [3.05, 3.63) is 65.2 Å². The highest BCUT2D eigenvalue weighted by Gasteiger charge is 2.30. The number of benzene rings is 2. The van der Waals surface area contributed by atoms with E-state index >= 15 is 0 Å². The summed E-state index contributed by atoms with van der Waals surface area (Å²) in [5, 5.41) is 8.87. The Morgan fingerprint density at radius 1 is 1.04 bits per heavy atom. The van der Waals surface area contributed by atoms with Crippen LogP contribution in [-0.2, 0) is 4.79 Å². The van der Waals surface area contributed by atoms with Gasteiger partial charge >= 0.3 is 0 Å². The fourth-order valence-corrected chi connectivity index (χ4v) is 4.15. The molecule has 7 heteroatoms. The molecule has 1 aliphatic heterocycles. The molecule has 3 aromatic rings. The second kappa shape index (κ2) is 8.15. The normalized spacial score (nSPS) is 15.1. The molecule has 2 heterocycles. The van der Waals surface area contributed by atoms with Crippen LogP contribution in [0.3, 0.4) is 0 Å². The average molecular weight is 400 g/mol. The quantitative estimate of drug-likeness (QED) is 0.574. The molecule has 1 fully saturated rings. The van der Waals surface area contributed by atoms with Crippen molar-refractivity contribution in [1.29, 1.82) is 0 Å². The van der Waals surface area contributed by atoms with Crippen LogP contribution < -0.4 is 0 Å². The van der Waals surface area contributed by atoms with Crippen LogP contribution in [0.1, 0.15) is 23.7 Å². The molecule has 27 heavy (non-hydrogen) atoms. The summed E-state index contributed by atoms with van der Waals surface area (Å²) in [7, 11) is 0. The molecule has 4 rings (SSSR count). The zero-order chi connectivity index (χ0) is 18.6. The first kappa shape index (κ1) is 18.1. The van der Waals surface area contributed by atoms with Gasteiger partial charge in [-0.25, -0.2) is 0 Å². The third-order valence-corrected chi connectivity index (χ3v) is 5.79. The lowest BCUT2D eigenvalue weighted by molar-refractivity contribution is -0.129. The molecular weight excluding hydrogens is 382 g/mol. The van der Waals surface area contributed by atoms with E-state index in [1.165, 1.54) is 11.8 Å². The molecule has 5 nitrogen and oxygen atoms in total. The van der Waals surface area contributed by atoms with Gasteiger partial charge in [-0.15, -0.1) is 10.2 Å². The van der Waals surface area contributed by atoms with E-state index in [1.807, 2.05) is 47.4 Å². The molecule has 1 atom stereocenters. The van der Waals surface area contributed by atoms with Gasteiger partial charge in [0, 0.05) is 23.7 Å². The van der Waals surface area contributed by atoms with Gasteiger partial charge < -0.3 is 9.32 Å². The van der Waals surface area contributed by atoms with Gasteiger partial charge in [0.25, 0.3) is 5.22 Å². The van der Waals surface area contributed by atoms with Crippen molar-refractivity contribution >= 4 is 29.3 Å². The third kappa shape index (κ3) is 4.17. The van der Waals surface area contributed by atoms with Crippen molar-refractivity contribution in [3.63, 3.8) is 0 Å². The standard InChI is InChI=1S/C20H18ClN3O2S/c21-16-10-8-15(9-11-16)18-22-23-20(26-18)27-17(14-6-2-1-3-7-14)19(25)24-12-4-5-13-24/h1-3,6-11,17H,4-5,12-13H2. The first-order valence-electron chi connectivity index (χ1n) is 8.80. The number of hydrogen-bond acceptors (Lipinski definition) is 5. The number of hydrogen-bond donors (Lipinski definition) is 0. The van der Waals surface area contributed by atoms with Gasteiger partial charge in [-0.05, 0) is 54.4 Å². The Morgan fingerprint density at radius 3 is 2.44 bits per heavy atom. The summed E-state index contributed by atoms with van der Waals surface area (Å²) in [6.45, 7) is 1.62. The number of likely N-dealkylation sites (tertiary alicyclic amines) is 1. The predicted molar refractivity (Wildman–Crippen MR) is 106 cm³/mol. The van der Waals surface area contributed by atoms with Crippen LogP contribution in [0, 0.1) is 0 Å². The molecule has 0 saturated carbocycles. The molecule has 138 valence electrons. The maximum Gasteiger partial charge on any atom is 0.277 e. The lowest BCUT2D eigenvalue weighted by Gasteiger charge is -2.22. The van der Waals surface area contributed by atoms with E-state index in [2.05, 4.69) is 10.2 Å². The third-order valence-electron chi connectivity index (χ3n) is 4.46. The second-order valence-corrected chi connectivity index (χ2v) is 7.81. The van der Waals surface area contributed by atoms with Gasteiger partial charge in [0.15, 0.2) is 0 Å². The number of amides is 1. The molecule has 1 aliphatic rings. The van der Waals surface area contributed by atoms with Crippen molar-refractivity contribution in [2.75, 3.05) is 13.1 Å². The Balaban J connectivity index is 1.58. The van der Waals surface area contributed by atoms with Gasteiger partial charge in [0.05, 0.1) is 0 Å². The molecule has 0 bridgehead atoms. The molecule has 0 N–H and O–H groups in total. The van der Waals surface area contributed by atoms with Gasteiger partial charge in [-0.2, -0.15) is 0 Å². The number of carbonyl (C=O) groups is 1. The van der Waals surface area contributed by atoms with E-state index in [9.17, 15) is 4.79 Å². The minimum atomic E-state index is -0.400. The second-order valence-electron chi connectivity index (χ2n) is 6.32. The van der Waals surface area contributed by atoms with Gasteiger partial charge in [-0.1, -0.05) is 41.9 Å². The summed E-state index contributed by atoms with van der Waals surface area (Å²) >= 11 is 7.22. The fraction of sp³-hybridized carbons (Fsp3) is 0.250. The number of rotatable bonds is 5. The van der Waals surface area contributed by atoms with E-state index in [4.69, 9.17) is 16.0 Å². The zero-order valence-corrected chi connectivity index (χ0v) is 16.1. The SMILES string of the molecule is O=C(C(Sc1nnc(-c2ccc(Cl)cc2)o1)c1ccccc1)N1CCCC1. The molecule has 0 spiro atoms. The van der Waals surface area contributed by atoms with Gasteiger partial charge in [-0.3, -0.25) is 4.79 Å². The van der Waals surface area contributed by atoms with Crippen LogP contribution >= 0.6 is 23.4 Å². The smallest absolute Gasteiger partial charge is 0.277 e. The van der Waals surface area contributed by atoms with Gasteiger partial charge in [0.2, 0.25) is 11.8 Å². The maximum atomic E-state index is 13.1. The monoisotopic (exact) mass is 399 g/mol. The minimum Gasteiger partial charge on any atom is -0.411 e. The maximum absolute atomic E-state index is 13.1. The molecular formula is C20H18ClN3O2S. The minimum absolute atomic E-state index is 0.0925. The Morgan fingerprint density at radius 2 is 1.74 bits per heavy atom. The van der Waals surface area contributed by atoms with E-state index in [0.29, 0.717) is 16.1 Å². The van der Waals surface area contributed by atoms with Crippen molar-refractivity contribution in [1.82, 2.24) is 15.1 Å². The lowest BCUT2D eigenvalue weighted by atomic mass is 10.1. The van der Waals surface area contributed by atoms with E-state index in [-0.39, 0.29) is 5.91 Å². The summed E-state index contributed by atoms with van der Waals surface area (Å²) in [5.41, 5.74) is 1.73. The van der Waals surface area contributed by atoms with Gasteiger partial charge in [0.1, 0.15) is 5.25 Å².